The molecule has 0 aromatic rings. The lowest BCUT2D eigenvalue weighted by molar-refractivity contribution is 0.217. The van der Waals surface area contributed by atoms with Crippen LogP contribution in [-0.4, -0.2) is 47.1 Å². The molecular formula is C10H21N3OS. The Kier molecular flexibility index (Phi) is 5.86. The number of likely N-dealkylation sites (tertiary alicyclic amines) is 1. The summed E-state index contributed by atoms with van der Waals surface area (Å²) >= 11 is 1.98. The zero-order valence-electron chi connectivity index (χ0n) is 9.35. The first-order chi connectivity index (χ1) is 7.27. The van der Waals surface area contributed by atoms with E-state index in [0.717, 1.165) is 25.9 Å². The summed E-state index contributed by atoms with van der Waals surface area (Å²) in [6.07, 6.45) is 2.04. The first-order valence-electron chi connectivity index (χ1n) is 5.55. The Morgan fingerprint density at radius 2 is 2.20 bits per heavy atom. The smallest absolute Gasteiger partial charge is 0.142 e. The minimum Gasteiger partial charge on any atom is -0.409 e. The second-order valence-electron chi connectivity index (χ2n) is 3.84. The van der Waals surface area contributed by atoms with Crippen molar-refractivity contribution in [3.63, 3.8) is 0 Å². The number of nitrogens with zero attached hydrogens (tertiary/aromatic N) is 2. The van der Waals surface area contributed by atoms with Crippen LogP contribution in [0.5, 0.6) is 0 Å². The molecule has 0 bridgehead atoms. The molecule has 4 nitrogen and oxygen atoms in total. The lowest BCUT2D eigenvalue weighted by atomic mass is 9.96. The summed E-state index contributed by atoms with van der Waals surface area (Å²) < 4.78 is 0. The van der Waals surface area contributed by atoms with Gasteiger partial charge in [0.15, 0.2) is 0 Å². The van der Waals surface area contributed by atoms with Gasteiger partial charge in [0.1, 0.15) is 5.84 Å². The molecule has 0 spiro atoms. The van der Waals surface area contributed by atoms with Gasteiger partial charge >= 0.3 is 0 Å². The molecule has 0 aliphatic carbocycles. The number of amidine groups is 1. The monoisotopic (exact) mass is 231 g/mol. The Labute approximate surface area is 95.9 Å². The van der Waals surface area contributed by atoms with Crippen LogP contribution in [-0.2, 0) is 0 Å². The quantitative estimate of drug-likeness (QED) is 0.245. The van der Waals surface area contributed by atoms with Crippen molar-refractivity contribution in [1.29, 1.82) is 0 Å². The standard InChI is InChI=1S/C10H21N3OS/c1-2-15-8-7-13-5-3-9(4-6-13)10(11)12-14/h9,14H,2-8H2,1H3,(H2,11,12). The number of hydrogen-bond donors (Lipinski definition) is 2. The number of oxime groups is 1. The largest absolute Gasteiger partial charge is 0.409 e. The van der Waals surface area contributed by atoms with Gasteiger partial charge in [-0.05, 0) is 31.7 Å². The second-order valence-corrected chi connectivity index (χ2v) is 5.23. The van der Waals surface area contributed by atoms with Gasteiger partial charge in [0.25, 0.3) is 0 Å². The molecule has 15 heavy (non-hydrogen) atoms. The van der Waals surface area contributed by atoms with Gasteiger partial charge in [-0.25, -0.2) is 0 Å². The minimum atomic E-state index is 0.282. The van der Waals surface area contributed by atoms with Crippen LogP contribution in [0, 0.1) is 5.92 Å². The Hall–Kier alpha value is -0.420. The van der Waals surface area contributed by atoms with Crippen molar-refractivity contribution < 1.29 is 5.21 Å². The predicted molar refractivity (Wildman–Crippen MR) is 65.6 cm³/mol. The van der Waals surface area contributed by atoms with Crippen LogP contribution in [0.4, 0.5) is 0 Å². The molecule has 1 aliphatic rings. The fourth-order valence-corrected chi connectivity index (χ4v) is 2.55. The summed E-state index contributed by atoms with van der Waals surface area (Å²) in [5, 5.41) is 11.7. The van der Waals surface area contributed by atoms with Gasteiger partial charge in [0.2, 0.25) is 0 Å². The van der Waals surface area contributed by atoms with Gasteiger partial charge in [0, 0.05) is 18.2 Å². The molecule has 1 saturated heterocycles. The van der Waals surface area contributed by atoms with E-state index in [0.29, 0.717) is 5.84 Å². The van der Waals surface area contributed by atoms with Crippen molar-refractivity contribution in [2.24, 2.45) is 16.8 Å². The zero-order valence-corrected chi connectivity index (χ0v) is 10.2. The van der Waals surface area contributed by atoms with Crippen LogP contribution in [0.1, 0.15) is 19.8 Å². The van der Waals surface area contributed by atoms with Crippen molar-refractivity contribution in [3.8, 4) is 0 Å². The molecule has 0 aromatic heterocycles. The van der Waals surface area contributed by atoms with Gasteiger partial charge in [-0.1, -0.05) is 12.1 Å². The average molecular weight is 231 g/mol. The number of hydrogen-bond acceptors (Lipinski definition) is 4. The van der Waals surface area contributed by atoms with Gasteiger partial charge in [-0.15, -0.1) is 0 Å². The van der Waals surface area contributed by atoms with E-state index >= 15 is 0 Å². The highest BCUT2D eigenvalue weighted by atomic mass is 32.2. The number of piperidine rings is 1. The Morgan fingerprint density at radius 1 is 1.53 bits per heavy atom. The fraction of sp³-hybridized carbons (Fsp3) is 0.900. The molecule has 0 aromatic carbocycles. The van der Waals surface area contributed by atoms with Gasteiger partial charge in [0.05, 0.1) is 0 Å². The fourth-order valence-electron chi connectivity index (χ4n) is 1.87. The highest BCUT2D eigenvalue weighted by Gasteiger charge is 2.21. The summed E-state index contributed by atoms with van der Waals surface area (Å²) in [5.74, 6) is 3.09. The maximum atomic E-state index is 8.57. The van der Waals surface area contributed by atoms with Crippen molar-refractivity contribution in [1.82, 2.24) is 4.90 Å². The number of rotatable bonds is 5. The van der Waals surface area contributed by atoms with Crippen LogP contribution >= 0.6 is 11.8 Å². The molecule has 88 valence electrons. The summed E-state index contributed by atoms with van der Waals surface area (Å²) in [4.78, 5) is 2.46. The van der Waals surface area contributed by atoms with E-state index in [1.54, 1.807) is 0 Å². The first kappa shape index (κ1) is 12.6. The lowest BCUT2D eigenvalue weighted by Crippen LogP contribution is -2.39. The van der Waals surface area contributed by atoms with Gasteiger partial charge in [-0.3, -0.25) is 0 Å². The molecule has 5 heteroatoms. The minimum absolute atomic E-state index is 0.282. The van der Waals surface area contributed by atoms with Crippen molar-refractivity contribution in [3.05, 3.63) is 0 Å². The van der Waals surface area contributed by atoms with Crippen LogP contribution in [0.25, 0.3) is 0 Å². The van der Waals surface area contributed by atoms with Crippen molar-refractivity contribution in [2.75, 3.05) is 31.1 Å². The van der Waals surface area contributed by atoms with Gasteiger partial charge < -0.3 is 15.8 Å². The average Bonchev–Trinajstić information content (AvgIpc) is 2.29. The van der Waals surface area contributed by atoms with E-state index in [2.05, 4.69) is 17.0 Å². The van der Waals surface area contributed by atoms with Crippen molar-refractivity contribution in [2.45, 2.75) is 19.8 Å². The molecule has 0 atom stereocenters. The zero-order chi connectivity index (χ0) is 11.1. The molecule has 0 unspecified atom stereocenters. The topological polar surface area (TPSA) is 61.8 Å². The Balaban J connectivity index is 2.18. The second kappa shape index (κ2) is 6.95. The van der Waals surface area contributed by atoms with Crippen LogP contribution in [0.15, 0.2) is 5.16 Å². The van der Waals surface area contributed by atoms with E-state index in [1.807, 2.05) is 11.8 Å². The summed E-state index contributed by atoms with van der Waals surface area (Å²) in [5.41, 5.74) is 5.59. The molecule has 1 heterocycles. The maximum Gasteiger partial charge on any atom is 0.142 e. The molecule has 1 rings (SSSR count). The summed E-state index contributed by atoms with van der Waals surface area (Å²) in [6.45, 7) is 5.51. The molecule has 0 saturated carbocycles. The third-order valence-electron chi connectivity index (χ3n) is 2.88. The van der Waals surface area contributed by atoms with Crippen molar-refractivity contribution >= 4 is 17.6 Å². The maximum absolute atomic E-state index is 8.57. The van der Waals surface area contributed by atoms with Gasteiger partial charge in [-0.2, -0.15) is 11.8 Å². The van der Waals surface area contributed by atoms with E-state index in [9.17, 15) is 0 Å². The van der Waals surface area contributed by atoms with Crippen LogP contribution < -0.4 is 5.73 Å². The first-order valence-corrected chi connectivity index (χ1v) is 6.71. The Morgan fingerprint density at radius 3 is 2.73 bits per heavy atom. The highest BCUT2D eigenvalue weighted by molar-refractivity contribution is 7.99. The van der Waals surface area contributed by atoms with E-state index in [-0.39, 0.29) is 5.92 Å². The molecule has 0 radical (unpaired) electrons. The SMILES string of the molecule is CCSCCN1CCC(C(N)=NO)CC1. The van der Waals surface area contributed by atoms with E-state index in [1.165, 1.54) is 18.1 Å². The molecular weight excluding hydrogens is 210 g/mol. The molecule has 0 amide bonds. The normalized spacial score (nSPS) is 20.7. The Bertz CT molecular complexity index is 203. The van der Waals surface area contributed by atoms with E-state index in [4.69, 9.17) is 10.9 Å². The van der Waals surface area contributed by atoms with Crippen LogP contribution in [0.3, 0.4) is 0 Å². The van der Waals surface area contributed by atoms with Crippen LogP contribution in [0.2, 0.25) is 0 Å². The molecule has 3 N–H and O–H groups in total. The molecule has 1 fully saturated rings. The summed E-state index contributed by atoms with van der Waals surface area (Å²) in [7, 11) is 0. The molecule has 1 aliphatic heterocycles. The third kappa shape index (κ3) is 4.30. The number of nitrogens with two attached hydrogens (primary N) is 1. The highest BCUT2D eigenvalue weighted by Crippen LogP contribution is 2.17. The van der Waals surface area contributed by atoms with E-state index < -0.39 is 0 Å². The summed E-state index contributed by atoms with van der Waals surface area (Å²) in [6, 6.07) is 0. The predicted octanol–water partition coefficient (Wildman–Crippen LogP) is 1.20. The lowest BCUT2D eigenvalue weighted by Gasteiger charge is -2.31. The third-order valence-corrected chi connectivity index (χ3v) is 3.76. The number of thioether (sulfide) groups is 1.